The molecule has 0 unspecified atom stereocenters. The highest BCUT2D eigenvalue weighted by Crippen LogP contribution is 2.03. The zero-order valence-corrected chi connectivity index (χ0v) is 6.49. The normalized spacial score (nSPS) is 24.7. The molecule has 0 bridgehead atoms. The van der Waals surface area contributed by atoms with Crippen molar-refractivity contribution in [3.8, 4) is 0 Å². The quantitative estimate of drug-likeness (QED) is 0.495. The molecule has 1 radical (unpaired) electrons. The van der Waals surface area contributed by atoms with Crippen LogP contribution in [0, 0.1) is 6.54 Å². The van der Waals surface area contributed by atoms with E-state index in [-0.39, 0.29) is 0 Å². The minimum Gasteiger partial charge on any atom is -0.616 e. The fraction of sp³-hybridized carbons (Fsp3) is 0.833. The summed E-state index contributed by atoms with van der Waals surface area (Å²) in [6.45, 7) is 6.04. The Morgan fingerprint density at radius 2 is 2.00 bits per heavy atom. The third kappa shape index (κ3) is 2.16. The van der Waals surface area contributed by atoms with Gasteiger partial charge < -0.3 is 4.55 Å². The summed E-state index contributed by atoms with van der Waals surface area (Å²) in [7, 11) is 0. The summed E-state index contributed by atoms with van der Waals surface area (Å²) >= 11 is -0.524. The predicted octanol–water partition coefficient (Wildman–Crippen LogP) is 0.232. The standard InChI is InChI=1S/C6H12NOS/c1-2-7-3-5-9(8)6-4-7/h2H,3-6H2,1H3. The fourth-order valence-corrected chi connectivity index (χ4v) is 1.99. The van der Waals surface area contributed by atoms with Gasteiger partial charge in [-0.25, -0.2) is 0 Å². The first kappa shape index (κ1) is 7.38. The minimum absolute atomic E-state index is 0.524. The molecule has 0 atom stereocenters. The SMILES string of the molecule is C[CH]N1CC[S+]([O-])CC1. The largest absolute Gasteiger partial charge is 0.616 e. The Labute approximate surface area is 59.4 Å². The lowest BCUT2D eigenvalue weighted by Gasteiger charge is -2.26. The van der Waals surface area contributed by atoms with E-state index in [0.29, 0.717) is 0 Å². The maximum absolute atomic E-state index is 10.8. The molecule has 0 aliphatic carbocycles. The van der Waals surface area contributed by atoms with Crippen molar-refractivity contribution in [3.63, 3.8) is 0 Å². The van der Waals surface area contributed by atoms with Crippen LogP contribution < -0.4 is 0 Å². The zero-order chi connectivity index (χ0) is 6.69. The van der Waals surface area contributed by atoms with Crippen molar-refractivity contribution in [3.05, 3.63) is 6.54 Å². The molecular formula is C6H12NOS. The van der Waals surface area contributed by atoms with E-state index in [0.717, 1.165) is 24.6 Å². The molecule has 1 fully saturated rings. The number of nitrogens with zero attached hydrogens (tertiary/aromatic N) is 1. The van der Waals surface area contributed by atoms with Crippen LogP contribution in [0.1, 0.15) is 6.92 Å². The van der Waals surface area contributed by atoms with Crippen LogP contribution in [-0.4, -0.2) is 34.0 Å². The second-order valence-corrected chi connectivity index (χ2v) is 3.84. The van der Waals surface area contributed by atoms with Gasteiger partial charge in [0.05, 0.1) is 0 Å². The molecule has 1 saturated heterocycles. The van der Waals surface area contributed by atoms with E-state index in [9.17, 15) is 4.55 Å². The van der Waals surface area contributed by atoms with Crippen molar-refractivity contribution in [2.24, 2.45) is 0 Å². The molecule has 9 heavy (non-hydrogen) atoms. The monoisotopic (exact) mass is 146 g/mol. The van der Waals surface area contributed by atoms with Gasteiger partial charge in [0.1, 0.15) is 11.5 Å². The van der Waals surface area contributed by atoms with Crippen LogP contribution in [0.5, 0.6) is 0 Å². The van der Waals surface area contributed by atoms with Crippen LogP contribution in [0.4, 0.5) is 0 Å². The molecular weight excluding hydrogens is 134 g/mol. The molecule has 2 nitrogen and oxygen atoms in total. The van der Waals surface area contributed by atoms with Gasteiger partial charge in [-0.1, -0.05) is 11.2 Å². The lowest BCUT2D eigenvalue weighted by Crippen LogP contribution is -2.37. The summed E-state index contributed by atoms with van der Waals surface area (Å²) in [4.78, 5) is 2.21. The Hall–Kier alpha value is 0.270. The third-order valence-electron chi connectivity index (χ3n) is 1.58. The first-order chi connectivity index (χ1) is 4.33. The Kier molecular flexibility index (Phi) is 2.82. The second-order valence-electron chi connectivity index (χ2n) is 2.14. The summed E-state index contributed by atoms with van der Waals surface area (Å²) in [6, 6.07) is 0. The average Bonchev–Trinajstić information content (AvgIpc) is 1.90. The molecule has 1 heterocycles. The molecule has 0 aromatic heterocycles. The average molecular weight is 146 g/mol. The first-order valence-electron chi connectivity index (χ1n) is 3.21. The van der Waals surface area contributed by atoms with Crippen molar-refractivity contribution in [1.82, 2.24) is 4.90 Å². The van der Waals surface area contributed by atoms with Crippen molar-refractivity contribution in [2.45, 2.75) is 6.92 Å². The van der Waals surface area contributed by atoms with Crippen molar-refractivity contribution < 1.29 is 4.55 Å². The summed E-state index contributed by atoms with van der Waals surface area (Å²) in [5, 5.41) is 0. The van der Waals surface area contributed by atoms with Crippen LogP contribution in [0.2, 0.25) is 0 Å². The van der Waals surface area contributed by atoms with Gasteiger partial charge in [-0.2, -0.15) is 0 Å². The number of hydrogen-bond donors (Lipinski definition) is 0. The molecule has 53 valence electrons. The van der Waals surface area contributed by atoms with Gasteiger partial charge >= 0.3 is 0 Å². The van der Waals surface area contributed by atoms with Crippen LogP contribution >= 0.6 is 0 Å². The van der Waals surface area contributed by atoms with E-state index in [1.165, 1.54) is 0 Å². The Morgan fingerprint density at radius 3 is 2.44 bits per heavy atom. The Bertz CT molecular complexity index is 81.1. The van der Waals surface area contributed by atoms with E-state index in [1.807, 2.05) is 6.92 Å². The number of hydrogen-bond acceptors (Lipinski definition) is 2. The molecule has 0 aromatic carbocycles. The Balaban J connectivity index is 2.18. The molecule has 0 saturated carbocycles. The van der Waals surface area contributed by atoms with Gasteiger partial charge in [0.25, 0.3) is 0 Å². The maximum Gasteiger partial charge on any atom is 0.118 e. The lowest BCUT2D eigenvalue weighted by atomic mass is 10.5. The van der Waals surface area contributed by atoms with Gasteiger partial charge in [0.15, 0.2) is 0 Å². The first-order valence-corrected chi connectivity index (χ1v) is 4.70. The van der Waals surface area contributed by atoms with Crippen LogP contribution in [0.25, 0.3) is 0 Å². The smallest absolute Gasteiger partial charge is 0.118 e. The molecule has 3 heteroatoms. The maximum atomic E-state index is 10.8. The number of rotatable bonds is 1. The van der Waals surface area contributed by atoms with Gasteiger partial charge in [0, 0.05) is 19.6 Å². The fourth-order valence-electron chi connectivity index (χ4n) is 0.910. The Morgan fingerprint density at radius 1 is 1.44 bits per heavy atom. The van der Waals surface area contributed by atoms with Crippen molar-refractivity contribution in [1.29, 1.82) is 0 Å². The topological polar surface area (TPSA) is 26.3 Å². The third-order valence-corrected chi connectivity index (χ3v) is 2.85. The molecule has 0 amide bonds. The summed E-state index contributed by atoms with van der Waals surface area (Å²) < 4.78 is 10.8. The summed E-state index contributed by atoms with van der Waals surface area (Å²) in [6.07, 6.45) is 0. The predicted molar refractivity (Wildman–Crippen MR) is 39.4 cm³/mol. The second kappa shape index (κ2) is 3.44. The van der Waals surface area contributed by atoms with Gasteiger partial charge in [-0.3, -0.25) is 4.90 Å². The van der Waals surface area contributed by atoms with E-state index in [4.69, 9.17) is 0 Å². The molecule has 1 aliphatic heterocycles. The molecule has 1 rings (SSSR count). The summed E-state index contributed by atoms with van der Waals surface area (Å²) in [5.74, 6) is 1.70. The highest BCUT2D eigenvalue weighted by atomic mass is 32.2. The van der Waals surface area contributed by atoms with Crippen molar-refractivity contribution >= 4 is 11.2 Å². The van der Waals surface area contributed by atoms with E-state index >= 15 is 0 Å². The van der Waals surface area contributed by atoms with Crippen molar-refractivity contribution in [2.75, 3.05) is 24.6 Å². The molecule has 1 aliphatic rings. The van der Waals surface area contributed by atoms with Gasteiger partial charge in [-0.05, 0) is 6.92 Å². The highest BCUT2D eigenvalue weighted by Gasteiger charge is 2.17. The van der Waals surface area contributed by atoms with Crippen LogP contribution in [-0.2, 0) is 11.2 Å². The lowest BCUT2D eigenvalue weighted by molar-refractivity contribution is 0.362. The highest BCUT2D eigenvalue weighted by molar-refractivity contribution is 7.91. The van der Waals surface area contributed by atoms with E-state index in [2.05, 4.69) is 11.4 Å². The van der Waals surface area contributed by atoms with Crippen LogP contribution in [0.15, 0.2) is 0 Å². The molecule has 0 N–H and O–H groups in total. The zero-order valence-electron chi connectivity index (χ0n) is 5.67. The minimum atomic E-state index is -0.524. The van der Waals surface area contributed by atoms with E-state index in [1.54, 1.807) is 0 Å². The molecule has 0 spiro atoms. The van der Waals surface area contributed by atoms with Crippen LogP contribution in [0.3, 0.4) is 0 Å². The summed E-state index contributed by atoms with van der Waals surface area (Å²) in [5.41, 5.74) is 0. The van der Waals surface area contributed by atoms with Gasteiger partial charge in [0.2, 0.25) is 0 Å². The van der Waals surface area contributed by atoms with E-state index < -0.39 is 11.2 Å². The molecule has 0 aromatic rings. The van der Waals surface area contributed by atoms with Gasteiger partial charge in [-0.15, -0.1) is 0 Å².